The third-order valence-corrected chi connectivity index (χ3v) is 4.57. The van der Waals surface area contributed by atoms with Crippen LogP contribution in [0.5, 0.6) is 11.5 Å². The molecule has 29 heavy (non-hydrogen) atoms. The highest BCUT2D eigenvalue weighted by molar-refractivity contribution is 5.39. The Bertz CT molecular complexity index is 796. The fraction of sp³-hybridized carbons (Fsp3) is 0.400. The summed E-state index contributed by atoms with van der Waals surface area (Å²) in [5.41, 5.74) is 0.985. The van der Waals surface area contributed by atoms with Crippen molar-refractivity contribution in [3.8, 4) is 11.5 Å². The topological polar surface area (TPSA) is 171 Å². The van der Waals surface area contributed by atoms with E-state index in [1.54, 1.807) is 0 Å². The van der Waals surface area contributed by atoms with Gasteiger partial charge in [0, 0.05) is 11.1 Å². The van der Waals surface area contributed by atoms with Crippen LogP contribution in [0, 0.1) is 0 Å². The maximum absolute atomic E-state index is 10.6. The molecule has 0 saturated heterocycles. The molecule has 0 spiro atoms. The van der Waals surface area contributed by atoms with Crippen LogP contribution in [0.4, 0.5) is 0 Å². The van der Waals surface area contributed by atoms with Crippen molar-refractivity contribution < 1.29 is 45.6 Å². The molecule has 0 aliphatic rings. The average Bonchev–Trinajstić information content (AvgIpc) is 2.76. The summed E-state index contributed by atoms with van der Waals surface area (Å²) < 4.78 is 5.65. The first-order chi connectivity index (χ1) is 13.9. The highest BCUT2D eigenvalue weighted by Gasteiger charge is 2.25. The molecule has 2 aromatic carbocycles. The second-order valence-electron chi connectivity index (χ2n) is 6.55. The zero-order chi connectivity index (χ0) is 21.6. The minimum absolute atomic E-state index is 0.133. The number of phenols is 1. The molecule has 0 aliphatic carbocycles. The summed E-state index contributed by atoms with van der Waals surface area (Å²) in [4.78, 5) is 0. The van der Waals surface area contributed by atoms with Crippen LogP contribution in [0.3, 0.4) is 0 Å². The molecule has 0 unspecified atom stereocenters. The third kappa shape index (κ3) is 5.43. The van der Waals surface area contributed by atoms with Crippen LogP contribution in [-0.2, 0) is 13.2 Å². The maximum Gasteiger partial charge on any atom is 0.152 e. The number of aromatic hydroxyl groups is 1. The highest BCUT2D eigenvalue weighted by Crippen LogP contribution is 2.30. The standard InChI is InChI=1S/C20H26O9/c21-7-13-5-12(1-3-15(13)25)20(28)18(10-24)29-17-4-2-11(6-14(17)8-22)19(27)16(26)9-23/h1-6,16,18-28H,7-10H2/t16-,18+,19-,20-/m1/s1. The molecule has 8 N–H and O–H groups in total. The van der Waals surface area contributed by atoms with Gasteiger partial charge in [0.05, 0.1) is 26.4 Å². The van der Waals surface area contributed by atoms with Crippen molar-refractivity contribution >= 4 is 0 Å². The maximum atomic E-state index is 10.6. The summed E-state index contributed by atoms with van der Waals surface area (Å²) in [6, 6.07) is 8.32. The van der Waals surface area contributed by atoms with Gasteiger partial charge in [-0.25, -0.2) is 0 Å². The zero-order valence-electron chi connectivity index (χ0n) is 15.6. The molecule has 4 atom stereocenters. The number of ether oxygens (including phenoxy) is 1. The Hall–Kier alpha value is -2.24. The van der Waals surface area contributed by atoms with E-state index >= 15 is 0 Å². The molecule has 160 valence electrons. The highest BCUT2D eigenvalue weighted by atomic mass is 16.5. The Morgan fingerprint density at radius 3 is 1.90 bits per heavy atom. The van der Waals surface area contributed by atoms with E-state index in [1.807, 2.05) is 0 Å². The summed E-state index contributed by atoms with van der Waals surface area (Å²) in [5, 5.41) is 77.2. The van der Waals surface area contributed by atoms with Crippen molar-refractivity contribution in [2.45, 2.75) is 37.6 Å². The van der Waals surface area contributed by atoms with Crippen LogP contribution in [0.2, 0.25) is 0 Å². The van der Waals surface area contributed by atoms with Crippen LogP contribution in [0.25, 0.3) is 0 Å². The van der Waals surface area contributed by atoms with E-state index < -0.39 is 50.8 Å². The van der Waals surface area contributed by atoms with E-state index in [1.165, 1.54) is 36.4 Å². The van der Waals surface area contributed by atoms with Gasteiger partial charge >= 0.3 is 0 Å². The first-order valence-corrected chi connectivity index (χ1v) is 8.95. The first kappa shape index (κ1) is 23.0. The Labute approximate surface area is 167 Å². The molecule has 0 saturated carbocycles. The Kier molecular flexibility index (Phi) is 8.35. The summed E-state index contributed by atoms with van der Waals surface area (Å²) in [7, 11) is 0. The van der Waals surface area contributed by atoms with E-state index in [0.717, 1.165) is 0 Å². The van der Waals surface area contributed by atoms with Crippen molar-refractivity contribution in [1.29, 1.82) is 0 Å². The lowest BCUT2D eigenvalue weighted by Gasteiger charge is -2.25. The number of hydrogen-bond donors (Lipinski definition) is 8. The van der Waals surface area contributed by atoms with Crippen LogP contribution in [0.15, 0.2) is 36.4 Å². The summed E-state index contributed by atoms with van der Waals surface area (Å²) in [6.07, 6.45) is -5.20. The molecule has 0 aromatic heterocycles. The van der Waals surface area contributed by atoms with Crippen molar-refractivity contribution in [3.05, 3.63) is 58.7 Å². The third-order valence-electron chi connectivity index (χ3n) is 4.57. The van der Waals surface area contributed by atoms with Gasteiger partial charge in [0.2, 0.25) is 0 Å². The van der Waals surface area contributed by atoms with Crippen LogP contribution in [-0.4, -0.2) is 66.3 Å². The Balaban J connectivity index is 2.25. The molecule has 0 bridgehead atoms. The second kappa shape index (κ2) is 10.5. The lowest BCUT2D eigenvalue weighted by molar-refractivity contribution is -0.0155. The lowest BCUT2D eigenvalue weighted by atomic mass is 10.0. The molecule has 2 aromatic rings. The fourth-order valence-electron chi connectivity index (χ4n) is 2.84. The zero-order valence-corrected chi connectivity index (χ0v) is 15.6. The summed E-state index contributed by atoms with van der Waals surface area (Å²) in [5.74, 6) is 0.00731. The van der Waals surface area contributed by atoms with E-state index in [2.05, 4.69) is 0 Å². The van der Waals surface area contributed by atoms with Crippen molar-refractivity contribution in [2.75, 3.05) is 13.2 Å². The molecule has 9 heteroatoms. The largest absolute Gasteiger partial charge is 0.508 e. The van der Waals surface area contributed by atoms with Crippen LogP contribution < -0.4 is 4.74 Å². The van der Waals surface area contributed by atoms with Gasteiger partial charge in [0.25, 0.3) is 0 Å². The summed E-state index contributed by atoms with van der Waals surface area (Å²) >= 11 is 0. The SMILES string of the molecule is OCc1cc([C@@H](O)[C@H](CO)Oc2ccc([C@@H](O)[C@H](O)CO)cc2CO)ccc1O. The van der Waals surface area contributed by atoms with Gasteiger partial charge in [0.15, 0.2) is 6.10 Å². The first-order valence-electron chi connectivity index (χ1n) is 8.95. The van der Waals surface area contributed by atoms with E-state index in [9.17, 15) is 35.7 Å². The normalized spacial score (nSPS) is 15.6. The van der Waals surface area contributed by atoms with E-state index in [0.29, 0.717) is 5.56 Å². The summed E-state index contributed by atoms with van der Waals surface area (Å²) in [6.45, 7) is -2.13. The van der Waals surface area contributed by atoms with Crippen molar-refractivity contribution in [2.24, 2.45) is 0 Å². The lowest BCUT2D eigenvalue weighted by Crippen LogP contribution is -2.29. The van der Waals surface area contributed by atoms with Gasteiger partial charge < -0.3 is 45.6 Å². The Morgan fingerprint density at radius 2 is 1.31 bits per heavy atom. The van der Waals surface area contributed by atoms with Gasteiger partial charge in [0.1, 0.15) is 29.8 Å². The minimum Gasteiger partial charge on any atom is -0.508 e. The number of benzene rings is 2. The number of aliphatic hydroxyl groups excluding tert-OH is 7. The van der Waals surface area contributed by atoms with E-state index in [4.69, 9.17) is 9.84 Å². The average molecular weight is 410 g/mol. The number of rotatable bonds is 10. The molecule has 0 radical (unpaired) electrons. The Morgan fingerprint density at radius 1 is 0.724 bits per heavy atom. The predicted molar refractivity (Wildman–Crippen MR) is 101 cm³/mol. The van der Waals surface area contributed by atoms with Gasteiger partial charge in [-0.3, -0.25) is 0 Å². The second-order valence-corrected chi connectivity index (χ2v) is 6.55. The molecular formula is C20H26O9. The molecule has 0 fully saturated rings. The molecule has 0 amide bonds. The van der Waals surface area contributed by atoms with Crippen molar-refractivity contribution in [1.82, 2.24) is 0 Å². The molecule has 0 aliphatic heterocycles. The van der Waals surface area contributed by atoms with Gasteiger partial charge in [-0.1, -0.05) is 12.1 Å². The van der Waals surface area contributed by atoms with Gasteiger partial charge in [-0.05, 0) is 35.4 Å². The quantitative estimate of drug-likeness (QED) is 0.251. The van der Waals surface area contributed by atoms with E-state index in [-0.39, 0.29) is 28.2 Å². The van der Waals surface area contributed by atoms with Gasteiger partial charge in [-0.2, -0.15) is 0 Å². The van der Waals surface area contributed by atoms with Crippen LogP contribution in [0.1, 0.15) is 34.5 Å². The fourth-order valence-corrected chi connectivity index (χ4v) is 2.84. The molecule has 0 heterocycles. The predicted octanol–water partition coefficient (Wildman–Crippen LogP) is -0.763. The molecule has 9 nitrogen and oxygen atoms in total. The molecule has 2 rings (SSSR count). The monoisotopic (exact) mass is 410 g/mol. The minimum atomic E-state index is -1.39. The number of aliphatic hydroxyl groups is 7. The smallest absolute Gasteiger partial charge is 0.152 e. The van der Waals surface area contributed by atoms with Crippen molar-refractivity contribution in [3.63, 3.8) is 0 Å². The van der Waals surface area contributed by atoms with Gasteiger partial charge in [-0.15, -0.1) is 0 Å². The number of hydrogen-bond acceptors (Lipinski definition) is 9. The molecular weight excluding hydrogens is 384 g/mol. The van der Waals surface area contributed by atoms with Crippen LogP contribution >= 0.6 is 0 Å².